The molecule has 0 amide bonds. The average Bonchev–Trinajstić information content (AvgIpc) is 3.30. The number of aromatic nitrogens is 6. The molecule has 6 nitrogen and oxygen atoms in total. The first kappa shape index (κ1) is 16.0. The quantitative estimate of drug-likeness (QED) is 0.460. The molecule has 0 aliphatic rings. The van der Waals surface area contributed by atoms with Gasteiger partial charge in [-0.15, -0.1) is 5.10 Å². The van der Waals surface area contributed by atoms with Crippen LogP contribution in [-0.2, 0) is 0 Å². The molecule has 4 heterocycles. The summed E-state index contributed by atoms with van der Waals surface area (Å²) in [5.74, 6) is 0.660. The molecule has 0 bridgehead atoms. The lowest BCUT2D eigenvalue weighted by Crippen LogP contribution is -1.97. The van der Waals surface area contributed by atoms with Gasteiger partial charge in [0.25, 0.3) is 0 Å². The van der Waals surface area contributed by atoms with Crippen molar-refractivity contribution in [2.45, 2.75) is 13.8 Å². The first-order valence-corrected chi connectivity index (χ1v) is 8.90. The van der Waals surface area contributed by atoms with Crippen molar-refractivity contribution in [3.05, 3.63) is 71.4 Å². The molecule has 27 heavy (non-hydrogen) atoms. The molecule has 0 saturated carbocycles. The number of halogens is 1. The Morgan fingerprint density at radius 3 is 2.56 bits per heavy atom. The zero-order chi connectivity index (χ0) is 18.5. The highest BCUT2D eigenvalue weighted by Gasteiger charge is 2.12. The lowest BCUT2D eigenvalue weighted by Gasteiger charge is -1.98. The number of hydrogen-bond acceptors (Lipinski definition) is 4. The predicted molar refractivity (Wildman–Crippen MR) is 105 cm³/mol. The van der Waals surface area contributed by atoms with Crippen LogP contribution in [0.5, 0.6) is 0 Å². The Labute approximate surface area is 160 Å². The maximum absolute atomic E-state index is 5.98. The molecule has 0 aliphatic carbocycles. The summed E-state index contributed by atoms with van der Waals surface area (Å²) in [6.45, 7) is 3.90. The minimum absolute atomic E-state index is 0.660. The van der Waals surface area contributed by atoms with E-state index in [-0.39, 0.29) is 0 Å². The molecule has 0 atom stereocenters. The number of imidazole rings is 1. The van der Waals surface area contributed by atoms with Crippen LogP contribution in [0, 0.1) is 13.8 Å². The SMILES string of the molecule is Cc1ncc(C)n2nc(-c3ccn4cc(-c5ccc(Cl)cc5)nc4c3)nc12. The van der Waals surface area contributed by atoms with Gasteiger partial charge in [-0.25, -0.2) is 14.5 Å². The van der Waals surface area contributed by atoms with Gasteiger partial charge in [0.05, 0.1) is 17.1 Å². The van der Waals surface area contributed by atoms with Gasteiger partial charge in [-0.3, -0.25) is 4.98 Å². The van der Waals surface area contributed by atoms with E-state index in [0.717, 1.165) is 39.5 Å². The molecule has 0 N–H and O–H groups in total. The lowest BCUT2D eigenvalue weighted by atomic mass is 10.2. The molecule has 7 heteroatoms. The molecule has 0 saturated heterocycles. The number of nitrogens with zero attached hydrogens (tertiary/aromatic N) is 6. The van der Waals surface area contributed by atoms with Gasteiger partial charge in [0.1, 0.15) is 5.65 Å². The first-order chi connectivity index (χ1) is 13.1. The van der Waals surface area contributed by atoms with Crippen molar-refractivity contribution >= 4 is 22.9 Å². The molecule has 5 aromatic rings. The summed E-state index contributed by atoms with van der Waals surface area (Å²) in [5.41, 5.74) is 6.24. The topological polar surface area (TPSA) is 60.4 Å². The second kappa shape index (κ2) is 5.89. The number of benzene rings is 1. The first-order valence-electron chi connectivity index (χ1n) is 8.52. The van der Waals surface area contributed by atoms with Gasteiger partial charge in [-0.2, -0.15) is 0 Å². The maximum Gasteiger partial charge on any atom is 0.182 e. The van der Waals surface area contributed by atoms with Crippen molar-refractivity contribution in [2.75, 3.05) is 0 Å². The fraction of sp³-hybridized carbons (Fsp3) is 0.100. The fourth-order valence-corrected chi connectivity index (χ4v) is 3.22. The summed E-state index contributed by atoms with van der Waals surface area (Å²) in [6, 6.07) is 11.6. The van der Waals surface area contributed by atoms with Crippen LogP contribution in [0.1, 0.15) is 11.4 Å². The van der Waals surface area contributed by atoms with Crippen molar-refractivity contribution in [1.82, 2.24) is 29.0 Å². The van der Waals surface area contributed by atoms with E-state index in [1.807, 2.05) is 71.6 Å². The van der Waals surface area contributed by atoms with E-state index >= 15 is 0 Å². The van der Waals surface area contributed by atoms with Crippen LogP contribution in [0.25, 0.3) is 33.9 Å². The van der Waals surface area contributed by atoms with Crippen LogP contribution in [0.2, 0.25) is 5.02 Å². The molecular weight excluding hydrogens is 360 g/mol. The molecule has 0 aliphatic heterocycles. The fourth-order valence-electron chi connectivity index (χ4n) is 3.10. The highest BCUT2D eigenvalue weighted by atomic mass is 35.5. The van der Waals surface area contributed by atoms with E-state index in [4.69, 9.17) is 16.6 Å². The number of fused-ring (bicyclic) bond motifs is 2. The molecule has 0 unspecified atom stereocenters. The molecule has 0 radical (unpaired) electrons. The summed E-state index contributed by atoms with van der Waals surface area (Å²) in [5, 5.41) is 5.35. The average molecular weight is 375 g/mol. The van der Waals surface area contributed by atoms with Gasteiger partial charge >= 0.3 is 0 Å². The smallest absolute Gasteiger partial charge is 0.182 e. The van der Waals surface area contributed by atoms with E-state index in [9.17, 15) is 0 Å². The Kier molecular flexibility index (Phi) is 3.48. The summed E-state index contributed by atoms with van der Waals surface area (Å²) >= 11 is 5.98. The highest BCUT2D eigenvalue weighted by molar-refractivity contribution is 6.30. The summed E-state index contributed by atoms with van der Waals surface area (Å²) in [4.78, 5) is 13.8. The molecule has 1 aromatic carbocycles. The Morgan fingerprint density at radius 1 is 0.963 bits per heavy atom. The van der Waals surface area contributed by atoms with Gasteiger partial charge in [0, 0.05) is 34.7 Å². The number of rotatable bonds is 2. The Balaban J connectivity index is 1.61. The molecule has 132 valence electrons. The Morgan fingerprint density at radius 2 is 1.78 bits per heavy atom. The molecule has 4 aromatic heterocycles. The van der Waals surface area contributed by atoms with E-state index in [1.54, 1.807) is 6.20 Å². The zero-order valence-electron chi connectivity index (χ0n) is 14.8. The van der Waals surface area contributed by atoms with Crippen LogP contribution in [0.15, 0.2) is 55.0 Å². The van der Waals surface area contributed by atoms with E-state index in [2.05, 4.69) is 15.1 Å². The van der Waals surface area contributed by atoms with Crippen LogP contribution in [-0.4, -0.2) is 29.0 Å². The van der Waals surface area contributed by atoms with Crippen molar-refractivity contribution < 1.29 is 0 Å². The number of aryl methyl sites for hydroxylation is 2. The van der Waals surface area contributed by atoms with Crippen LogP contribution >= 0.6 is 11.6 Å². The third-order valence-electron chi connectivity index (χ3n) is 4.57. The molecular formula is C20H15ClN6. The van der Waals surface area contributed by atoms with Gasteiger partial charge in [0.15, 0.2) is 11.5 Å². The van der Waals surface area contributed by atoms with Crippen molar-refractivity contribution in [3.8, 4) is 22.6 Å². The predicted octanol–water partition coefficient (Wildman–Crippen LogP) is 4.38. The third-order valence-corrected chi connectivity index (χ3v) is 4.82. The highest BCUT2D eigenvalue weighted by Crippen LogP contribution is 2.24. The van der Waals surface area contributed by atoms with E-state index < -0.39 is 0 Å². The molecule has 5 rings (SSSR count). The van der Waals surface area contributed by atoms with Crippen LogP contribution < -0.4 is 0 Å². The van der Waals surface area contributed by atoms with Gasteiger partial charge in [-0.1, -0.05) is 23.7 Å². The second-order valence-corrected chi connectivity index (χ2v) is 6.91. The number of pyridine rings is 1. The second-order valence-electron chi connectivity index (χ2n) is 6.47. The largest absolute Gasteiger partial charge is 0.306 e. The van der Waals surface area contributed by atoms with Crippen LogP contribution in [0.3, 0.4) is 0 Å². The minimum Gasteiger partial charge on any atom is -0.306 e. The zero-order valence-corrected chi connectivity index (χ0v) is 15.5. The lowest BCUT2D eigenvalue weighted by molar-refractivity contribution is 0.891. The monoisotopic (exact) mass is 374 g/mol. The minimum atomic E-state index is 0.660. The summed E-state index contributed by atoms with van der Waals surface area (Å²) in [6.07, 6.45) is 5.77. The third kappa shape index (κ3) is 2.65. The molecule has 0 spiro atoms. The van der Waals surface area contributed by atoms with E-state index in [0.29, 0.717) is 10.8 Å². The van der Waals surface area contributed by atoms with Crippen molar-refractivity contribution in [1.29, 1.82) is 0 Å². The van der Waals surface area contributed by atoms with Crippen LogP contribution in [0.4, 0.5) is 0 Å². The Bertz CT molecular complexity index is 1260. The van der Waals surface area contributed by atoms with Crippen molar-refractivity contribution in [3.63, 3.8) is 0 Å². The standard InChI is InChI=1S/C20H15ClN6/c1-12-10-22-13(2)20-24-19(25-27(12)20)15-7-8-26-11-17(23-18(26)9-15)14-3-5-16(21)6-4-14/h3-11H,1-2H3. The summed E-state index contributed by atoms with van der Waals surface area (Å²) < 4.78 is 3.81. The van der Waals surface area contributed by atoms with Gasteiger partial charge in [-0.05, 0) is 38.1 Å². The van der Waals surface area contributed by atoms with Crippen molar-refractivity contribution in [2.24, 2.45) is 0 Å². The summed E-state index contributed by atoms with van der Waals surface area (Å²) in [7, 11) is 0. The maximum atomic E-state index is 5.98. The van der Waals surface area contributed by atoms with Gasteiger partial charge < -0.3 is 4.40 Å². The normalized spacial score (nSPS) is 11.5. The molecule has 0 fully saturated rings. The number of hydrogen-bond donors (Lipinski definition) is 0. The van der Waals surface area contributed by atoms with E-state index in [1.165, 1.54) is 0 Å². The van der Waals surface area contributed by atoms with Gasteiger partial charge in [0.2, 0.25) is 0 Å². The Hall–Kier alpha value is -3.25.